The van der Waals surface area contributed by atoms with Crippen molar-refractivity contribution in [1.82, 2.24) is 0 Å². The molecule has 1 N–H and O–H groups in total. The predicted molar refractivity (Wildman–Crippen MR) is 59.2 cm³/mol. The number of rotatable bonds is 5. The Morgan fingerprint density at radius 1 is 1.27 bits per heavy atom. The standard InChI is InChI=1S/C12H16O3/c1-4-5-6-9-7-10(14-2)12(13)11(8-9)15-3/h6-8,13H,1,4-5H2,2-3H3. The number of aromatic hydroxyl groups is 1. The highest BCUT2D eigenvalue weighted by molar-refractivity contribution is 5.54. The fourth-order valence-electron chi connectivity index (χ4n) is 1.30. The minimum absolute atomic E-state index is 0.0340. The van der Waals surface area contributed by atoms with E-state index in [-0.39, 0.29) is 5.75 Å². The third-order valence-corrected chi connectivity index (χ3v) is 2.09. The van der Waals surface area contributed by atoms with Gasteiger partial charge in [0.15, 0.2) is 11.5 Å². The van der Waals surface area contributed by atoms with E-state index in [0.717, 1.165) is 18.4 Å². The Kier molecular flexibility index (Phi) is 4.28. The lowest BCUT2D eigenvalue weighted by atomic mass is 10.1. The summed E-state index contributed by atoms with van der Waals surface area (Å²) in [6, 6.07) is 3.54. The first-order valence-electron chi connectivity index (χ1n) is 4.80. The average Bonchev–Trinajstić information content (AvgIpc) is 2.27. The number of benzene rings is 1. The zero-order chi connectivity index (χ0) is 11.3. The summed E-state index contributed by atoms with van der Waals surface area (Å²) in [6.07, 6.45) is 3.75. The molecule has 3 nitrogen and oxygen atoms in total. The monoisotopic (exact) mass is 208 g/mol. The van der Waals surface area contributed by atoms with Crippen LogP contribution in [0, 0.1) is 13.3 Å². The van der Waals surface area contributed by atoms with Crippen LogP contribution in [0.25, 0.3) is 0 Å². The summed E-state index contributed by atoms with van der Waals surface area (Å²) in [5.74, 6) is 0.876. The molecule has 3 heteroatoms. The van der Waals surface area contributed by atoms with E-state index in [1.165, 1.54) is 14.2 Å². The van der Waals surface area contributed by atoms with Crippen LogP contribution in [0.3, 0.4) is 0 Å². The molecule has 0 amide bonds. The van der Waals surface area contributed by atoms with Crippen molar-refractivity contribution < 1.29 is 14.6 Å². The van der Waals surface area contributed by atoms with Crippen molar-refractivity contribution in [1.29, 1.82) is 0 Å². The SMILES string of the molecule is [CH2]CC[CH]c1cc(OC)c(O)c(OC)c1. The fraction of sp³-hybridized carbons (Fsp3) is 0.333. The van der Waals surface area contributed by atoms with E-state index in [1.807, 2.05) is 6.42 Å². The molecule has 0 fully saturated rings. The van der Waals surface area contributed by atoms with E-state index in [0.29, 0.717) is 11.5 Å². The highest BCUT2D eigenvalue weighted by Crippen LogP contribution is 2.37. The molecule has 0 saturated carbocycles. The third kappa shape index (κ3) is 2.78. The molecule has 1 aromatic rings. The average molecular weight is 208 g/mol. The van der Waals surface area contributed by atoms with Crippen LogP contribution in [-0.4, -0.2) is 19.3 Å². The normalized spacial score (nSPS) is 10.1. The smallest absolute Gasteiger partial charge is 0.200 e. The quantitative estimate of drug-likeness (QED) is 0.808. The van der Waals surface area contributed by atoms with Crippen molar-refractivity contribution in [3.05, 3.63) is 31.0 Å². The first-order chi connectivity index (χ1) is 7.22. The van der Waals surface area contributed by atoms with Crippen LogP contribution in [0.15, 0.2) is 12.1 Å². The minimum atomic E-state index is 0.0340. The first kappa shape index (κ1) is 11.7. The van der Waals surface area contributed by atoms with Gasteiger partial charge in [-0.3, -0.25) is 0 Å². The lowest BCUT2D eigenvalue weighted by molar-refractivity contribution is 0.339. The summed E-state index contributed by atoms with van der Waals surface area (Å²) in [7, 11) is 3.03. The first-order valence-corrected chi connectivity index (χ1v) is 4.80. The van der Waals surface area contributed by atoms with E-state index < -0.39 is 0 Å². The molecule has 2 radical (unpaired) electrons. The van der Waals surface area contributed by atoms with Gasteiger partial charge in [0, 0.05) is 0 Å². The van der Waals surface area contributed by atoms with Crippen molar-refractivity contribution >= 4 is 0 Å². The van der Waals surface area contributed by atoms with Crippen LogP contribution in [0.5, 0.6) is 17.2 Å². The molecule has 0 bridgehead atoms. The van der Waals surface area contributed by atoms with Gasteiger partial charge in [0.1, 0.15) is 0 Å². The van der Waals surface area contributed by atoms with Crippen molar-refractivity contribution in [2.75, 3.05) is 14.2 Å². The van der Waals surface area contributed by atoms with E-state index >= 15 is 0 Å². The highest BCUT2D eigenvalue weighted by atomic mass is 16.5. The van der Waals surface area contributed by atoms with Crippen LogP contribution < -0.4 is 9.47 Å². The largest absolute Gasteiger partial charge is 0.502 e. The Bertz CT molecular complexity index is 296. The molecule has 0 heterocycles. The molecule has 0 spiro atoms. The Balaban J connectivity index is 2.98. The molecule has 15 heavy (non-hydrogen) atoms. The Morgan fingerprint density at radius 3 is 2.20 bits per heavy atom. The van der Waals surface area contributed by atoms with Gasteiger partial charge in [-0.1, -0.05) is 13.3 Å². The molecule has 0 unspecified atom stereocenters. The number of ether oxygens (including phenoxy) is 2. The van der Waals surface area contributed by atoms with Gasteiger partial charge in [-0.25, -0.2) is 0 Å². The number of methoxy groups -OCH3 is 2. The summed E-state index contributed by atoms with van der Waals surface area (Å²) >= 11 is 0. The van der Waals surface area contributed by atoms with Crippen LogP contribution in [0.1, 0.15) is 18.4 Å². The molecule has 82 valence electrons. The molecule has 0 saturated heterocycles. The second-order valence-corrected chi connectivity index (χ2v) is 3.12. The number of hydrogen-bond acceptors (Lipinski definition) is 3. The van der Waals surface area contributed by atoms with E-state index in [4.69, 9.17) is 9.47 Å². The maximum absolute atomic E-state index is 9.66. The lowest BCUT2D eigenvalue weighted by Gasteiger charge is -2.10. The van der Waals surface area contributed by atoms with Gasteiger partial charge in [-0.15, -0.1) is 0 Å². The zero-order valence-electron chi connectivity index (χ0n) is 9.12. The van der Waals surface area contributed by atoms with Gasteiger partial charge < -0.3 is 14.6 Å². The second-order valence-electron chi connectivity index (χ2n) is 3.12. The van der Waals surface area contributed by atoms with Crippen molar-refractivity contribution in [2.45, 2.75) is 12.8 Å². The van der Waals surface area contributed by atoms with Crippen molar-refractivity contribution in [3.8, 4) is 17.2 Å². The Labute approximate surface area is 90.6 Å². The molecule has 0 aliphatic rings. The van der Waals surface area contributed by atoms with E-state index in [9.17, 15) is 5.11 Å². The number of unbranched alkanes of at least 4 members (excludes halogenated alkanes) is 1. The zero-order valence-corrected chi connectivity index (χ0v) is 9.12. The third-order valence-electron chi connectivity index (χ3n) is 2.09. The number of hydrogen-bond donors (Lipinski definition) is 1. The fourth-order valence-corrected chi connectivity index (χ4v) is 1.30. The maximum atomic E-state index is 9.66. The Morgan fingerprint density at radius 2 is 1.80 bits per heavy atom. The summed E-state index contributed by atoms with van der Waals surface area (Å²) in [5.41, 5.74) is 0.963. The van der Waals surface area contributed by atoms with Crippen LogP contribution in [0.4, 0.5) is 0 Å². The summed E-state index contributed by atoms with van der Waals surface area (Å²) in [6.45, 7) is 3.76. The van der Waals surface area contributed by atoms with E-state index in [2.05, 4.69) is 6.92 Å². The molecule has 0 aliphatic carbocycles. The van der Waals surface area contributed by atoms with E-state index in [1.54, 1.807) is 12.1 Å². The number of phenolic OH excluding ortho intramolecular Hbond substituents is 1. The summed E-state index contributed by atoms with van der Waals surface area (Å²) in [5, 5.41) is 9.66. The molecular weight excluding hydrogens is 192 g/mol. The molecule has 1 rings (SSSR count). The topological polar surface area (TPSA) is 38.7 Å². The van der Waals surface area contributed by atoms with Gasteiger partial charge in [0.25, 0.3) is 0 Å². The molecule has 1 aromatic carbocycles. The molecular formula is C12H16O3. The van der Waals surface area contributed by atoms with Crippen LogP contribution in [0.2, 0.25) is 0 Å². The second kappa shape index (κ2) is 5.49. The van der Waals surface area contributed by atoms with Gasteiger partial charge in [0.2, 0.25) is 5.75 Å². The summed E-state index contributed by atoms with van der Waals surface area (Å²) in [4.78, 5) is 0. The highest BCUT2D eigenvalue weighted by Gasteiger charge is 2.10. The number of phenols is 1. The molecule has 0 aliphatic heterocycles. The molecule has 0 atom stereocenters. The lowest BCUT2D eigenvalue weighted by Crippen LogP contribution is -1.92. The maximum Gasteiger partial charge on any atom is 0.200 e. The minimum Gasteiger partial charge on any atom is -0.502 e. The van der Waals surface area contributed by atoms with Gasteiger partial charge in [0.05, 0.1) is 14.2 Å². The predicted octanol–water partition coefficient (Wildman–Crippen LogP) is 2.58. The van der Waals surface area contributed by atoms with Crippen molar-refractivity contribution in [2.24, 2.45) is 0 Å². The molecule has 0 aromatic heterocycles. The van der Waals surface area contributed by atoms with Crippen LogP contribution in [-0.2, 0) is 0 Å². The summed E-state index contributed by atoms with van der Waals surface area (Å²) < 4.78 is 10.1. The van der Waals surface area contributed by atoms with Crippen molar-refractivity contribution in [3.63, 3.8) is 0 Å². The van der Waals surface area contributed by atoms with Gasteiger partial charge in [-0.05, 0) is 30.5 Å². The van der Waals surface area contributed by atoms with Gasteiger partial charge >= 0.3 is 0 Å². The Hall–Kier alpha value is -1.38. The van der Waals surface area contributed by atoms with Gasteiger partial charge in [-0.2, -0.15) is 0 Å². The van der Waals surface area contributed by atoms with Crippen LogP contribution >= 0.6 is 0 Å².